The van der Waals surface area contributed by atoms with Crippen molar-refractivity contribution >= 4 is 7.92 Å². The second-order valence-electron chi connectivity index (χ2n) is 5.00. The van der Waals surface area contributed by atoms with E-state index in [1.54, 1.807) is 0 Å². The van der Waals surface area contributed by atoms with Gasteiger partial charge in [-0.25, -0.2) is 0 Å². The van der Waals surface area contributed by atoms with E-state index in [-0.39, 0.29) is 7.92 Å². The first kappa shape index (κ1) is 11.4. The van der Waals surface area contributed by atoms with Gasteiger partial charge in [0.2, 0.25) is 0 Å². The second-order valence-corrected chi connectivity index (χ2v) is 8.08. The molecule has 3 aliphatic rings. The molecule has 0 aromatic rings. The summed E-state index contributed by atoms with van der Waals surface area (Å²) in [6.45, 7) is 5.93. The van der Waals surface area contributed by atoms with Crippen LogP contribution in [0.25, 0.3) is 0 Å². The lowest BCUT2D eigenvalue weighted by Crippen LogP contribution is -2.24. The van der Waals surface area contributed by atoms with Gasteiger partial charge in [0.25, 0.3) is 0 Å². The van der Waals surface area contributed by atoms with Crippen molar-refractivity contribution in [1.29, 1.82) is 0 Å². The molecule has 4 heteroatoms. The van der Waals surface area contributed by atoms with Gasteiger partial charge in [-0.05, 0) is 19.3 Å². The van der Waals surface area contributed by atoms with Crippen LogP contribution in [0.4, 0.5) is 0 Å². The Kier molecular flexibility index (Phi) is 3.78. The van der Waals surface area contributed by atoms with Crippen LogP contribution in [0.3, 0.4) is 0 Å². The third kappa shape index (κ3) is 2.28. The zero-order chi connectivity index (χ0) is 10.8. The summed E-state index contributed by atoms with van der Waals surface area (Å²) < 4.78 is 16.8. The van der Waals surface area contributed by atoms with E-state index < -0.39 is 0 Å². The van der Waals surface area contributed by atoms with E-state index in [1.165, 1.54) is 19.3 Å². The van der Waals surface area contributed by atoms with E-state index in [1.807, 2.05) is 0 Å². The zero-order valence-electron chi connectivity index (χ0n) is 9.77. The molecule has 3 rings (SSSR count). The molecule has 3 heterocycles. The summed E-state index contributed by atoms with van der Waals surface area (Å²) in [7, 11) is 0.0610. The molecular formula is C12H21O3P. The van der Waals surface area contributed by atoms with Gasteiger partial charge in [0, 0.05) is 36.8 Å². The van der Waals surface area contributed by atoms with Crippen LogP contribution < -0.4 is 0 Å². The van der Waals surface area contributed by atoms with Crippen molar-refractivity contribution in [2.45, 2.75) is 36.2 Å². The molecule has 0 spiro atoms. The first-order chi connectivity index (χ1) is 7.95. The summed E-state index contributed by atoms with van der Waals surface area (Å²) in [5, 5.41) is 0. The first-order valence-corrected chi connectivity index (χ1v) is 8.01. The van der Waals surface area contributed by atoms with Crippen LogP contribution in [0, 0.1) is 0 Å². The summed E-state index contributed by atoms with van der Waals surface area (Å²) in [4.78, 5) is 0. The lowest BCUT2D eigenvalue weighted by atomic mass is 10.3. The highest BCUT2D eigenvalue weighted by molar-refractivity contribution is 7.60. The topological polar surface area (TPSA) is 27.7 Å². The molecular weight excluding hydrogens is 223 g/mol. The third-order valence-corrected chi connectivity index (χ3v) is 7.73. The number of hydrogen-bond donors (Lipinski definition) is 0. The molecule has 0 bridgehead atoms. The Morgan fingerprint density at radius 1 is 0.625 bits per heavy atom. The Bertz CT molecular complexity index is 180. The molecule has 3 unspecified atom stereocenters. The van der Waals surface area contributed by atoms with Crippen LogP contribution in [-0.4, -0.2) is 56.6 Å². The van der Waals surface area contributed by atoms with Crippen LogP contribution in [0.2, 0.25) is 0 Å². The SMILES string of the molecule is C1CC(P(C2CCOC2)C2CCOC2)CO1. The molecule has 3 nitrogen and oxygen atoms in total. The van der Waals surface area contributed by atoms with Crippen LogP contribution in [0.1, 0.15) is 19.3 Å². The molecule has 16 heavy (non-hydrogen) atoms. The Labute approximate surface area is 98.6 Å². The maximum atomic E-state index is 5.59. The van der Waals surface area contributed by atoms with Gasteiger partial charge in [0.1, 0.15) is 0 Å². The average Bonchev–Trinajstić information content (AvgIpc) is 3.02. The van der Waals surface area contributed by atoms with Gasteiger partial charge in [-0.2, -0.15) is 0 Å². The Morgan fingerprint density at radius 3 is 1.25 bits per heavy atom. The molecule has 0 amide bonds. The molecule has 0 aliphatic carbocycles. The monoisotopic (exact) mass is 244 g/mol. The highest BCUT2D eigenvalue weighted by Gasteiger charge is 2.39. The van der Waals surface area contributed by atoms with Gasteiger partial charge < -0.3 is 14.2 Å². The van der Waals surface area contributed by atoms with Gasteiger partial charge in [-0.1, -0.05) is 7.92 Å². The average molecular weight is 244 g/mol. The molecule has 92 valence electrons. The van der Waals surface area contributed by atoms with Gasteiger partial charge in [-0.15, -0.1) is 0 Å². The Hall–Kier alpha value is 0.310. The number of rotatable bonds is 3. The predicted octanol–water partition coefficient (Wildman–Crippen LogP) is 1.83. The maximum absolute atomic E-state index is 5.59. The minimum atomic E-state index is 0.0610. The molecule has 3 aliphatic heterocycles. The molecule has 0 radical (unpaired) electrons. The molecule has 0 aromatic heterocycles. The summed E-state index contributed by atoms with van der Waals surface area (Å²) in [5.74, 6) is 0. The number of hydrogen-bond acceptors (Lipinski definition) is 3. The Balaban J connectivity index is 1.70. The van der Waals surface area contributed by atoms with Crippen molar-refractivity contribution in [3.63, 3.8) is 0 Å². The lowest BCUT2D eigenvalue weighted by Gasteiger charge is -2.32. The minimum absolute atomic E-state index is 0.0610. The molecule has 3 saturated heterocycles. The highest BCUT2D eigenvalue weighted by Crippen LogP contribution is 2.57. The normalized spacial score (nSPS) is 41.6. The van der Waals surface area contributed by atoms with Crippen LogP contribution >= 0.6 is 7.92 Å². The predicted molar refractivity (Wildman–Crippen MR) is 64.6 cm³/mol. The smallest absolute Gasteiger partial charge is 0.0534 e. The molecule has 0 N–H and O–H groups in total. The van der Waals surface area contributed by atoms with Gasteiger partial charge >= 0.3 is 0 Å². The molecule has 3 fully saturated rings. The van der Waals surface area contributed by atoms with E-state index in [0.29, 0.717) is 0 Å². The fourth-order valence-corrected chi connectivity index (χ4v) is 7.00. The van der Waals surface area contributed by atoms with Crippen molar-refractivity contribution in [3.05, 3.63) is 0 Å². The standard InChI is InChI=1S/C12H21O3P/c1-4-13-7-10(1)16(11-2-5-14-8-11)12-3-6-15-9-12/h10-12H,1-9H2. The van der Waals surface area contributed by atoms with Gasteiger partial charge in [0.15, 0.2) is 0 Å². The van der Waals surface area contributed by atoms with E-state index >= 15 is 0 Å². The number of ether oxygens (including phenoxy) is 3. The van der Waals surface area contributed by atoms with Crippen molar-refractivity contribution in [3.8, 4) is 0 Å². The van der Waals surface area contributed by atoms with Crippen LogP contribution in [-0.2, 0) is 14.2 Å². The lowest BCUT2D eigenvalue weighted by molar-refractivity contribution is 0.195. The van der Waals surface area contributed by atoms with Crippen molar-refractivity contribution < 1.29 is 14.2 Å². The summed E-state index contributed by atoms with van der Waals surface area (Å²) in [6.07, 6.45) is 3.83. The fourth-order valence-electron chi connectivity index (χ4n) is 3.17. The molecule has 0 saturated carbocycles. The van der Waals surface area contributed by atoms with E-state index in [9.17, 15) is 0 Å². The third-order valence-electron chi connectivity index (χ3n) is 3.98. The van der Waals surface area contributed by atoms with Crippen LogP contribution in [0.15, 0.2) is 0 Å². The highest BCUT2D eigenvalue weighted by atomic mass is 31.1. The van der Waals surface area contributed by atoms with E-state index in [0.717, 1.165) is 56.6 Å². The molecule has 0 aromatic carbocycles. The molecule has 3 atom stereocenters. The fraction of sp³-hybridized carbons (Fsp3) is 1.00. The van der Waals surface area contributed by atoms with E-state index in [2.05, 4.69) is 0 Å². The van der Waals surface area contributed by atoms with Gasteiger partial charge in [-0.3, -0.25) is 0 Å². The van der Waals surface area contributed by atoms with Crippen LogP contribution in [0.5, 0.6) is 0 Å². The first-order valence-electron chi connectivity index (χ1n) is 6.46. The van der Waals surface area contributed by atoms with E-state index in [4.69, 9.17) is 14.2 Å². The minimum Gasteiger partial charge on any atom is -0.381 e. The maximum Gasteiger partial charge on any atom is 0.0534 e. The zero-order valence-corrected chi connectivity index (χ0v) is 10.7. The van der Waals surface area contributed by atoms with Crippen molar-refractivity contribution in [2.24, 2.45) is 0 Å². The van der Waals surface area contributed by atoms with Crippen molar-refractivity contribution in [1.82, 2.24) is 0 Å². The van der Waals surface area contributed by atoms with Gasteiger partial charge in [0.05, 0.1) is 19.8 Å². The largest absolute Gasteiger partial charge is 0.381 e. The summed E-state index contributed by atoms with van der Waals surface area (Å²) in [5.41, 5.74) is 2.48. The summed E-state index contributed by atoms with van der Waals surface area (Å²) in [6, 6.07) is 0. The summed E-state index contributed by atoms with van der Waals surface area (Å²) >= 11 is 0. The second kappa shape index (κ2) is 5.30. The van der Waals surface area contributed by atoms with Crippen molar-refractivity contribution in [2.75, 3.05) is 39.6 Å². The Morgan fingerprint density at radius 2 is 1.00 bits per heavy atom. The quantitative estimate of drug-likeness (QED) is 0.709.